The molecule has 0 radical (unpaired) electrons. The first-order valence-electron chi connectivity index (χ1n) is 6.91. The van der Waals surface area contributed by atoms with E-state index >= 15 is 0 Å². The molecule has 22 heavy (non-hydrogen) atoms. The summed E-state index contributed by atoms with van der Waals surface area (Å²) in [5.74, 6) is 0. The Kier molecular flexibility index (Phi) is 3.96. The molecule has 1 unspecified atom stereocenters. The molecule has 0 spiro atoms. The van der Waals surface area contributed by atoms with Crippen LogP contribution in [0.15, 0.2) is 30.5 Å². The van der Waals surface area contributed by atoms with Crippen molar-refractivity contribution in [3.8, 4) is 11.1 Å². The van der Waals surface area contributed by atoms with Crippen LogP contribution in [0.3, 0.4) is 0 Å². The zero-order valence-electron chi connectivity index (χ0n) is 11.7. The third-order valence-corrected chi connectivity index (χ3v) is 4.01. The minimum atomic E-state index is -0.421. The molecule has 7 heteroatoms. The Hall–Kier alpha value is -2.18. The van der Waals surface area contributed by atoms with Gasteiger partial charge in [-0.3, -0.25) is 10.2 Å². The van der Waals surface area contributed by atoms with Gasteiger partial charge in [-0.05, 0) is 24.1 Å². The van der Waals surface area contributed by atoms with Gasteiger partial charge in [0.05, 0.1) is 18.0 Å². The Labute approximate surface area is 132 Å². The summed E-state index contributed by atoms with van der Waals surface area (Å²) in [6, 6.07) is 7.23. The number of aliphatic hydroxyl groups is 1. The van der Waals surface area contributed by atoms with Crippen molar-refractivity contribution in [2.75, 3.05) is 18.0 Å². The van der Waals surface area contributed by atoms with Gasteiger partial charge in [-0.1, -0.05) is 23.7 Å². The lowest BCUT2D eigenvalue weighted by Gasteiger charge is -2.22. The van der Waals surface area contributed by atoms with E-state index in [0.717, 1.165) is 15.8 Å². The Morgan fingerprint density at radius 1 is 1.36 bits per heavy atom. The molecule has 0 bridgehead atoms. The highest BCUT2D eigenvalue weighted by atomic mass is 35.5. The normalized spacial score (nSPS) is 17.7. The van der Waals surface area contributed by atoms with Gasteiger partial charge >= 0.3 is 0 Å². The van der Waals surface area contributed by atoms with E-state index in [0.29, 0.717) is 36.6 Å². The number of nitrogens with zero attached hydrogens (tertiary/aromatic N) is 3. The summed E-state index contributed by atoms with van der Waals surface area (Å²) in [6.07, 6.45) is 2.29. The molecule has 1 aliphatic heterocycles. The van der Waals surface area contributed by atoms with Crippen LogP contribution in [0.2, 0.25) is 5.02 Å². The highest BCUT2D eigenvalue weighted by molar-refractivity contribution is 6.30. The highest BCUT2D eigenvalue weighted by Gasteiger charge is 2.25. The van der Waals surface area contributed by atoms with Crippen molar-refractivity contribution in [1.82, 2.24) is 9.78 Å². The number of aromatic nitrogens is 2. The van der Waals surface area contributed by atoms with E-state index in [1.165, 1.54) is 0 Å². The maximum atomic E-state index is 11.0. The summed E-state index contributed by atoms with van der Waals surface area (Å²) in [5, 5.41) is 22.6. The first-order valence-corrected chi connectivity index (χ1v) is 7.28. The lowest BCUT2D eigenvalue weighted by Crippen LogP contribution is -2.33. The molecule has 0 amide bonds. The van der Waals surface area contributed by atoms with E-state index < -0.39 is 6.10 Å². The number of carbonyl (C=O) groups excluding carboxylic acids is 1. The van der Waals surface area contributed by atoms with Crippen LogP contribution < -0.4 is 10.4 Å². The quantitative estimate of drug-likeness (QED) is 0.836. The van der Waals surface area contributed by atoms with Crippen LogP contribution in [0.25, 0.3) is 11.1 Å². The Morgan fingerprint density at radius 3 is 2.68 bits per heavy atom. The summed E-state index contributed by atoms with van der Waals surface area (Å²) in [7, 11) is 0. The van der Waals surface area contributed by atoms with Crippen LogP contribution in [0, 0.1) is 5.41 Å². The largest absolute Gasteiger partial charge is 0.391 e. The summed E-state index contributed by atoms with van der Waals surface area (Å²) < 4.78 is 0.986. The van der Waals surface area contributed by atoms with Crippen LogP contribution >= 0.6 is 11.6 Å². The number of anilines is 1. The average molecular weight is 319 g/mol. The topological polar surface area (TPSA) is 82.2 Å². The van der Waals surface area contributed by atoms with E-state index in [2.05, 4.69) is 5.10 Å². The summed E-state index contributed by atoms with van der Waals surface area (Å²) in [6.45, 7) is 1.08. The summed E-state index contributed by atoms with van der Waals surface area (Å²) in [4.78, 5) is 13.0. The maximum absolute atomic E-state index is 11.0. The molecule has 2 heterocycles. The van der Waals surface area contributed by atoms with Crippen LogP contribution in [-0.2, 0) is 4.79 Å². The molecule has 6 nitrogen and oxygen atoms in total. The van der Waals surface area contributed by atoms with Gasteiger partial charge in [-0.25, -0.2) is 0 Å². The van der Waals surface area contributed by atoms with E-state index in [1.54, 1.807) is 18.3 Å². The second-order valence-corrected chi connectivity index (χ2v) is 5.64. The van der Waals surface area contributed by atoms with E-state index in [1.807, 2.05) is 17.0 Å². The number of β-amino-alcohol motifs (C(OH)–C–C–N with tert-alkyl or cyclic N) is 1. The Bertz CT molecular complexity index is 757. The van der Waals surface area contributed by atoms with Gasteiger partial charge in [0.15, 0.2) is 5.49 Å². The van der Waals surface area contributed by atoms with Gasteiger partial charge < -0.3 is 10.0 Å². The molecule has 1 saturated heterocycles. The highest BCUT2D eigenvalue weighted by Crippen LogP contribution is 2.30. The number of hydrogen-bond donors (Lipinski definition) is 2. The molecule has 1 fully saturated rings. The fourth-order valence-corrected chi connectivity index (χ4v) is 2.79. The van der Waals surface area contributed by atoms with Crippen molar-refractivity contribution in [1.29, 1.82) is 5.41 Å². The van der Waals surface area contributed by atoms with E-state index in [-0.39, 0.29) is 5.49 Å². The minimum absolute atomic E-state index is 0.0107. The van der Waals surface area contributed by atoms with Crippen molar-refractivity contribution >= 4 is 23.7 Å². The van der Waals surface area contributed by atoms with E-state index in [4.69, 9.17) is 17.0 Å². The van der Waals surface area contributed by atoms with Crippen LogP contribution in [0.4, 0.5) is 5.69 Å². The predicted octanol–water partition coefficient (Wildman–Crippen LogP) is 1.29. The van der Waals surface area contributed by atoms with Gasteiger partial charge in [0, 0.05) is 23.7 Å². The summed E-state index contributed by atoms with van der Waals surface area (Å²) >= 11 is 5.92. The van der Waals surface area contributed by atoms with Crippen molar-refractivity contribution in [3.05, 3.63) is 41.0 Å². The minimum Gasteiger partial charge on any atom is -0.391 e. The van der Waals surface area contributed by atoms with E-state index in [9.17, 15) is 9.90 Å². The number of aliphatic hydroxyl groups excluding tert-OH is 1. The number of carbonyl (C=O) groups is 1. The second kappa shape index (κ2) is 5.90. The van der Waals surface area contributed by atoms with Crippen molar-refractivity contribution < 1.29 is 9.90 Å². The molecule has 3 rings (SSSR count). The van der Waals surface area contributed by atoms with Crippen molar-refractivity contribution in [2.45, 2.75) is 12.5 Å². The van der Waals surface area contributed by atoms with Gasteiger partial charge in [-0.2, -0.15) is 9.78 Å². The molecule has 2 aromatic rings. The fourth-order valence-electron chi connectivity index (χ4n) is 2.66. The van der Waals surface area contributed by atoms with Gasteiger partial charge in [-0.15, -0.1) is 0 Å². The van der Waals surface area contributed by atoms with Crippen LogP contribution in [0.1, 0.15) is 6.42 Å². The molecular formula is C15H15ClN4O2. The number of rotatable bonds is 3. The monoisotopic (exact) mass is 318 g/mol. The summed E-state index contributed by atoms with van der Waals surface area (Å²) in [5.41, 5.74) is 2.21. The van der Waals surface area contributed by atoms with Gasteiger partial charge in [0.1, 0.15) is 0 Å². The van der Waals surface area contributed by atoms with Crippen LogP contribution in [0.5, 0.6) is 0 Å². The van der Waals surface area contributed by atoms with Crippen molar-refractivity contribution in [2.24, 2.45) is 0 Å². The predicted molar refractivity (Wildman–Crippen MR) is 83.5 cm³/mol. The number of hydrogen-bond acceptors (Lipinski definition) is 5. The Morgan fingerprint density at radius 2 is 2.09 bits per heavy atom. The zero-order valence-corrected chi connectivity index (χ0v) is 12.5. The van der Waals surface area contributed by atoms with Crippen LogP contribution in [-0.4, -0.2) is 40.5 Å². The molecule has 1 aromatic carbocycles. The third-order valence-electron chi connectivity index (χ3n) is 3.75. The third kappa shape index (κ3) is 2.63. The smallest absolute Gasteiger partial charge is 0.236 e. The SMILES string of the molecule is N=c1c(N2CCC(O)C2)c(-c2ccc(Cl)cc2)cnn1C=O. The molecule has 1 aliphatic rings. The molecule has 114 valence electrons. The number of benzene rings is 1. The second-order valence-electron chi connectivity index (χ2n) is 5.20. The molecule has 1 aromatic heterocycles. The number of halogens is 1. The zero-order chi connectivity index (χ0) is 15.7. The van der Waals surface area contributed by atoms with Gasteiger partial charge in [0.2, 0.25) is 6.41 Å². The Balaban J connectivity index is 2.17. The average Bonchev–Trinajstić information content (AvgIpc) is 2.94. The lowest BCUT2D eigenvalue weighted by atomic mass is 10.1. The first-order chi connectivity index (χ1) is 10.6. The maximum Gasteiger partial charge on any atom is 0.236 e. The molecule has 2 N–H and O–H groups in total. The molecule has 0 aliphatic carbocycles. The first kappa shape index (κ1) is 14.7. The van der Waals surface area contributed by atoms with Crippen molar-refractivity contribution in [3.63, 3.8) is 0 Å². The molecule has 1 atom stereocenters. The number of nitrogens with one attached hydrogen (secondary N) is 1. The standard InChI is InChI=1S/C15H15ClN4O2/c16-11-3-1-10(2-4-11)13-7-18-20(9-21)15(17)14(13)19-6-5-12(22)8-19/h1-4,7,9,12,17,22H,5-6,8H2. The molecular weight excluding hydrogens is 304 g/mol. The molecule has 0 saturated carbocycles. The van der Waals surface area contributed by atoms with Gasteiger partial charge in [0.25, 0.3) is 0 Å². The lowest BCUT2D eigenvalue weighted by molar-refractivity contribution is 0.198. The fraction of sp³-hybridized carbons (Fsp3) is 0.267.